The summed E-state index contributed by atoms with van der Waals surface area (Å²) in [5.41, 5.74) is 0.768. The SMILES string of the molecule is CC1(C)CC(=O)N(CC2C[C@H]2C(=O)NC2CC(C)(C)Oc3c(Cl)cccc32)/C(=N\c2ccncc2)N1. The molecular weight excluding hydrogens is 478 g/mol. The zero-order chi connectivity index (χ0) is 25.7. The van der Waals surface area contributed by atoms with Crippen LogP contribution in [0, 0.1) is 11.8 Å². The number of nitrogens with one attached hydrogen (secondary N) is 2. The standard InChI is InChI=1S/C27H32ClN5O3/c1-26(2)14-22(34)33(25(32-26)30-17-8-10-29-11-9-17)15-16-12-19(16)24(35)31-21-13-27(3,4)36-23-18(21)6-5-7-20(23)28/h5-11,16,19,21H,12-15H2,1-4H3,(H,31,35)(H,29,30,32)/t16?,19-,21?/m1/s1. The molecule has 1 aromatic carbocycles. The first-order valence-corrected chi connectivity index (χ1v) is 12.7. The smallest absolute Gasteiger partial charge is 0.231 e. The first kappa shape index (κ1) is 24.6. The third-order valence-electron chi connectivity index (χ3n) is 6.94. The topological polar surface area (TPSA) is 95.9 Å². The summed E-state index contributed by atoms with van der Waals surface area (Å²) < 4.78 is 6.10. The number of guanidine groups is 1. The van der Waals surface area contributed by atoms with Crippen molar-refractivity contribution in [3.8, 4) is 5.75 Å². The van der Waals surface area contributed by atoms with E-state index in [1.54, 1.807) is 35.5 Å². The molecule has 3 heterocycles. The van der Waals surface area contributed by atoms with Gasteiger partial charge in [-0.1, -0.05) is 23.7 Å². The van der Waals surface area contributed by atoms with Crippen LogP contribution in [0.2, 0.25) is 5.02 Å². The predicted molar refractivity (Wildman–Crippen MR) is 138 cm³/mol. The molecular formula is C27H32ClN5O3. The number of amides is 2. The molecule has 3 atom stereocenters. The molecule has 1 aromatic heterocycles. The van der Waals surface area contributed by atoms with E-state index in [2.05, 4.69) is 20.6 Å². The van der Waals surface area contributed by atoms with Crippen LogP contribution >= 0.6 is 11.6 Å². The number of aliphatic imine (C=N–C) groups is 1. The molecule has 8 nitrogen and oxygen atoms in total. The third kappa shape index (κ3) is 5.19. The van der Waals surface area contributed by atoms with Crippen molar-refractivity contribution in [2.75, 3.05) is 6.54 Å². The summed E-state index contributed by atoms with van der Waals surface area (Å²) in [6.07, 6.45) is 5.08. The third-order valence-corrected chi connectivity index (χ3v) is 7.24. The average Bonchev–Trinajstić information content (AvgIpc) is 3.56. The minimum atomic E-state index is -0.449. The highest BCUT2D eigenvalue weighted by atomic mass is 35.5. The van der Waals surface area contributed by atoms with E-state index in [1.807, 2.05) is 39.8 Å². The highest BCUT2D eigenvalue weighted by molar-refractivity contribution is 6.32. The number of rotatable bonds is 5. The van der Waals surface area contributed by atoms with Gasteiger partial charge in [0.1, 0.15) is 11.4 Å². The van der Waals surface area contributed by atoms with E-state index in [4.69, 9.17) is 16.3 Å². The normalized spacial score (nSPS) is 27.0. The van der Waals surface area contributed by atoms with E-state index in [-0.39, 0.29) is 29.7 Å². The van der Waals surface area contributed by atoms with Crippen LogP contribution in [-0.4, -0.2) is 45.3 Å². The lowest BCUT2D eigenvalue weighted by atomic mass is 9.89. The van der Waals surface area contributed by atoms with Crippen molar-refractivity contribution in [1.29, 1.82) is 0 Å². The van der Waals surface area contributed by atoms with Gasteiger partial charge in [-0.2, -0.15) is 0 Å². The van der Waals surface area contributed by atoms with Gasteiger partial charge in [-0.3, -0.25) is 19.5 Å². The minimum Gasteiger partial charge on any atom is -0.486 e. The molecule has 0 radical (unpaired) electrons. The number of fused-ring (bicyclic) bond motifs is 1. The van der Waals surface area contributed by atoms with Crippen molar-refractivity contribution < 1.29 is 14.3 Å². The van der Waals surface area contributed by atoms with Crippen LogP contribution in [0.25, 0.3) is 0 Å². The Labute approximate surface area is 216 Å². The van der Waals surface area contributed by atoms with E-state index < -0.39 is 11.1 Å². The summed E-state index contributed by atoms with van der Waals surface area (Å²) in [5.74, 6) is 1.09. The van der Waals surface area contributed by atoms with Crippen LogP contribution in [0.4, 0.5) is 5.69 Å². The number of ether oxygens (including phenoxy) is 1. The van der Waals surface area contributed by atoms with Crippen LogP contribution in [0.1, 0.15) is 58.6 Å². The largest absolute Gasteiger partial charge is 0.486 e. The van der Waals surface area contributed by atoms with Gasteiger partial charge in [0, 0.05) is 48.8 Å². The summed E-state index contributed by atoms with van der Waals surface area (Å²) in [7, 11) is 0. The zero-order valence-corrected chi connectivity index (χ0v) is 21.8. The number of carbonyl (C=O) groups is 2. The Morgan fingerprint density at radius 3 is 2.75 bits per heavy atom. The van der Waals surface area contributed by atoms with E-state index in [0.717, 1.165) is 12.0 Å². The molecule has 36 heavy (non-hydrogen) atoms. The maximum absolute atomic E-state index is 13.2. The van der Waals surface area contributed by atoms with Crippen molar-refractivity contribution in [2.24, 2.45) is 16.8 Å². The summed E-state index contributed by atoms with van der Waals surface area (Å²) in [5, 5.41) is 7.17. The molecule has 0 spiro atoms. The first-order valence-electron chi connectivity index (χ1n) is 12.4. The number of hydrogen-bond donors (Lipinski definition) is 2. The van der Waals surface area contributed by atoms with Crippen LogP contribution in [-0.2, 0) is 9.59 Å². The van der Waals surface area contributed by atoms with E-state index in [0.29, 0.717) is 41.8 Å². The summed E-state index contributed by atoms with van der Waals surface area (Å²) in [4.78, 5) is 36.7. The van der Waals surface area contributed by atoms with Crippen molar-refractivity contribution >= 4 is 35.1 Å². The van der Waals surface area contributed by atoms with E-state index in [1.165, 1.54) is 0 Å². The van der Waals surface area contributed by atoms with Gasteiger partial charge < -0.3 is 15.4 Å². The Balaban J connectivity index is 1.29. The van der Waals surface area contributed by atoms with Gasteiger partial charge in [0.25, 0.3) is 0 Å². The Kier molecular flexibility index (Phi) is 6.19. The van der Waals surface area contributed by atoms with Gasteiger partial charge in [-0.05, 0) is 58.2 Å². The second-order valence-corrected chi connectivity index (χ2v) is 11.6. The average molecular weight is 510 g/mol. The Morgan fingerprint density at radius 2 is 2.00 bits per heavy atom. The summed E-state index contributed by atoms with van der Waals surface area (Å²) in [6, 6.07) is 9.04. The Morgan fingerprint density at radius 1 is 1.25 bits per heavy atom. The number of pyridine rings is 1. The monoisotopic (exact) mass is 509 g/mol. The molecule has 5 rings (SSSR count). The molecule has 1 aliphatic carbocycles. The fraction of sp³-hybridized carbons (Fsp3) is 0.481. The number of aromatic nitrogens is 1. The second kappa shape index (κ2) is 9.07. The number of halogens is 1. The van der Waals surface area contributed by atoms with Crippen molar-refractivity contribution in [3.05, 3.63) is 53.3 Å². The number of carbonyl (C=O) groups excluding carboxylic acids is 2. The Bertz CT molecular complexity index is 1210. The summed E-state index contributed by atoms with van der Waals surface area (Å²) in [6.45, 7) is 8.41. The van der Waals surface area contributed by atoms with Gasteiger partial charge in [0.05, 0.1) is 16.8 Å². The molecule has 0 bridgehead atoms. The van der Waals surface area contributed by atoms with Gasteiger partial charge in [-0.15, -0.1) is 0 Å². The van der Waals surface area contributed by atoms with Crippen LogP contribution < -0.4 is 15.4 Å². The maximum Gasteiger partial charge on any atom is 0.231 e. The molecule has 2 aliphatic heterocycles. The molecule has 190 valence electrons. The number of benzene rings is 1. The molecule has 3 aliphatic rings. The van der Waals surface area contributed by atoms with Gasteiger partial charge in [0.2, 0.25) is 17.8 Å². The number of nitrogens with zero attached hydrogens (tertiary/aromatic N) is 3. The number of para-hydroxylation sites is 1. The number of hydrogen-bond acceptors (Lipinski definition) is 5. The highest BCUT2D eigenvalue weighted by Gasteiger charge is 2.48. The van der Waals surface area contributed by atoms with Crippen LogP contribution in [0.5, 0.6) is 5.75 Å². The molecule has 1 saturated carbocycles. The minimum absolute atomic E-state index is 0.000930. The fourth-order valence-corrected chi connectivity index (χ4v) is 5.28. The zero-order valence-electron chi connectivity index (χ0n) is 21.0. The second-order valence-electron chi connectivity index (χ2n) is 11.2. The van der Waals surface area contributed by atoms with Crippen LogP contribution in [0.3, 0.4) is 0 Å². The molecule has 2 N–H and O–H groups in total. The molecule has 1 saturated heterocycles. The molecule has 2 fully saturated rings. The Hall–Kier alpha value is -3.13. The van der Waals surface area contributed by atoms with E-state index in [9.17, 15) is 9.59 Å². The van der Waals surface area contributed by atoms with Crippen molar-refractivity contribution in [1.82, 2.24) is 20.5 Å². The molecule has 2 aromatic rings. The predicted octanol–water partition coefficient (Wildman–Crippen LogP) is 4.38. The van der Waals surface area contributed by atoms with Gasteiger partial charge in [0.15, 0.2) is 0 Å². The molecule has 2 unspecified atom stereocenters. The lowest BCUT2D eigenvalue weighted by Gasteiger charge is -2.39. The van der Waals surface area contributed by atoms with Crippen LogP contribution in [0.15, 0.2) is 47.7 Å². The fourth-order valence-electron chi connectivity index (χ4n) is 5.06. The quantitative estimate of drug-likeness (QED) is 0.623. The highest BCUT2D eigenvalue weighted by Crippen LogP contribution is 2.45. The molecule has 9 heteroatoms. The lowest BCUT2D eigenvalue weighted by Crippen LogP contribution is -2.60. The lowest BCUT2D eigenvalue weighted by molar-refractivity contribution is -0.131. The summed E-state index contributed by atoms with van der Waals surface area (Å²) >= 11 is 6.39. The van der Waals surface area contributed by atoms with Gasteiger partial charge in [-0.25, -0.2) is 4.99 Å². The first-order chi connectivity index (χ1) is 17.0. The van der Waals surface area contributed by atoms with E-state index >= 15 is 0 Å². The maximum atomic E-state index is 13.2. The van der Waals surface area contributed by atoms with Crippen molar-refractivity contribution in [3.63, 3.8) is 0 Å². The molecule has 2 amide bonds. The van der Waals surface area contributed by atoms with Crippen molar-refractivity contribution in [2.45, 2.75) is 64.1 Å². The van der Waals surface area contributed by atoms with Gasteiger partial charge >= 0.3 is 0 Å².